The van der Waals surface area contributed by atoms with Crippen LogP contribution in [-0.4, -0.2) is 16.5 Å². The summed E-state index contributed by atoms with van der Waals surface area (Å²) >= 11 is 3.49. The fraction of sp³-hybridized carbons (Fsp3) is 0.333. The Morgan fingerprint density at radius 3 is 2.75 bits per heavy atom. The van der Waals surface area contributed by atoms with Crippen LogP contribution in [0.25, 0.3) is 0 Å². The molecular weight excluding hydrogens is 318 g/mol. The Kier molecular flexibility index (Phi) is 5.35. The van der Waals surface area contributed by atoms with E-state index in [1.54, 1.807) is 12.4 Å². The molecule has 2 aromatic rings. The van der Waals surface area contributed by atoms with Gasteiger partial charge >= 0.3 is 0 Å². The van der Waals surface area contributed by atoms with E-state index in [9.17, 15) is 0 Å². The number of aryl methyl sites for hydroxylation is 1. The minimum atomic E-state index is 0.405. The maximum Gasteiger partial charge on any atom is 0.144 e. The van der Waals surface area contributed by atoms with Gasteiger partial charge in [-0.25, -0.2) is 4.98 Å². The summed E-state index contributed by atoms with van der Waals surface area (Å²) in [5, 5.41) is 3.19. The fourth-order valence-corrected chi connectivity index (χ4v) is 2.26. The fourth-order valence-electron chi connectivity index (χ4n) is 1.65. The summed E-state index contributed by atoms with van der Waals surface area (Å²) in [5.74, 6) is 1.61. The van der Waals surface area contributed by atoms with Crippen LogP contribution in [0.4, 0.5) is 5.82 Å². The first kappa shape index (κ1) is 14.8. The van der Waals surface area contributed by atoms with Crippen molar-refractivity contribution < 1.29 is 4.74 Å². The Balaban J connectivity index is 1.93. The Morgan fingerprint density at radius 1 is 1.25 bits per heavy atom. The second-order valence-corrected chi connectivity index (χ2v) is 5.40. The average molecular weight is 336 g/mol. The zero-order chi connectivity index (χ0) is 14.4. The van der Waals surface area contributed by atoms with Crippen LogP contribution in [0.5, 0.6) is 5.75 Å². The van der Waals surface area contributed by atoms with Gasteiger partial charge in [0.05, 0.1) is 22.6 Å². The molecule has 0 amide bonds. The van der Waals surface area contributed by atoms with Crippen LogP contribution in [0.3, 0.4) is 0 Å². The number of rotatable bonds is 6. The molecule has 20 heavy (non-hydrogen) atoms. The van der Waals surface area contributed by atoms with Crippen molar-refractivity contribution in [3.8, 4) is 5.75 Å². The van der Waals surface area contributed by atoms with Gasteiger partial charge in [-0.3, -0.25) is 4.98 Å². The number of ether oxygens (including phenoxy) is 1. The summed E-state index contributed by atoms with van der Waals surface area (Å²) in [6, 6.07) is 5.99. The summed E-state index contributed by atoms with van der Waals surface area (Å²) in [6.45, 7) is 5.47. The first-order valence-electron chi connectivity index (χ1n) is 6.62. The van der Waals surface area contributed by atoms with Crippen LogP contribution in [0.2, 0.25) is 0 Å². The number of nitrogens with one attached hydrogen (secondary N) is 1. The van der Waals surface area contributed by atoms with E-state index in [0.717, 1.165) is 34.7 Å². The molecule has 2 rings (SSSR count). The summed E-state index contributed by atoms with van der Waals surface area (Å²) < 4.78 is 6.68. The van der Waals surface area contributed by atoms with Crippen LogP contribution in [0, 0.1) is 6.92 Å². The molecule has 0 saturated heterocycles. The van der Waals surface area contributed by atoms with E-state index in [-0.39, 0.29) is 0 Å². The van der Waals surface area contributed by atoms with Gasteiger partial charge in [0, 0.05) is 6.54 Å². The summed E-state index contributed by atoms with van der Waals surface area (Å²) in [5.41, 5.74) is 2.00. The van der Waals surface area contributed by atoms with Gasteiger partial charge in [0.2, 0.25) is 0 Å². The second-order valence-electron chi connectivity index (χ2n) is 4.54. The van der Waals surface area contributed by atoms with Gasteiger partial charge in [-0.15, -0.1) is 0 Å². The highest BCUT2D eigenvalue weighted by atomic mass is 79.9. The molecule has 1 aromatic carbocycles. The standard InChI is InChI=1S/C15H18BrN3O/c1-3-6-17-15-9-18-12(8-19-15)10-20-14-5-4-11(2)7-13(14)16/h4-5,7-9H,3,6,10H2,1-2H3,(H,17,19). The molecule has 0 radical (unpaired) electrons. The van der Waals surface area contributed by atoms with Crippen LogP contribution in [-0.2, 0) is 6.61 Å². The second kappa shape index (κ2) is 7.24. The van der Waals surface area contributed by atoms with Crippen molar-refractivity contribution in [1.82, 2.24) is 9.97 Å². The molecule has 0 atom stereocenters. The highest BCUT2D eigenvalue weighted by Gasteiger charge is 2.03. The third-order valence-electron chi connectivity index (χ3n) is 2.72. The van der Waals surface area contributed by atoms with E-state index in [2.05, 4.69) is 38.1 Å². The molecule has 0 saturated carbocycles. The molecule has 0 bridgehead atoms. The van der Waals surface area contributed by atoms with E-state index in [1.807, 2.05) is 25.1 Å². The van der Waals surface area contributed by atoms with Gasteiger partial charge in [-0.2, -0.15) is 0 Å². The minimum Gasteiger partial charge on any atom is -0.486 e. The van der Waals surface area contributed by atoms with Crippen LogP contribution in [0.1, 0.15) is 24.6 Å². The van der Waals surface area contributed by atoms with Gasteiger partial charge in [0.1, 0.15) is 18.2 Å². The number of hydrogen-bond donors (Lipinski definition) is 1. The number of benzene rings is 1. The van der Waals surface area contributed by atoms with E-state index in [1.165, 1.54) is 5.56 Å². The molecule has 0 fully saturated rings. The lowest BCUT2D eigenvalue weighted by molar-refractivity contribution is 0.299. The van der Waals surface area contributed by atoms with E-state index in [4.69, 9.17) is 4.74 Å². The van der Waals surface area contributed by atoms with Gasteiger partial charge in [0.15, 0.2) is 0 Å². The van der Waals surface area contributed by atoms with Gasteiger partial charge in [-0.05, 0) is 47.0 Å². The van der Waals surface area contributed by atoms with E-state index >= 15 is 0 Å². The Morgan fingerprint density at radius 2 is 2.10 bits per heavy atom. The van der Waals surface area contributed by atoms with E-state index < -0.39 is 0 Å². The molecule has 1 N–H and O–H groups in total. The van der Waals surface area contributed by atoms with Gasteiger partial charge < -0.3 is 10.1 Å². The number of anilines is 1. The number of halogens is 1. The largest absolute Gasteiger partial charge is 0.486 e. The highest BCUT2D eigenvalue weighted by molar-refractivity contribution is 9.10. The minimum absolute atomic E-state index is 0.405. The molecule has 0 unspecified atom stereocenters. The lowest BCUT2D eigenvalue weighted by Gasteiger charge is -2.09. The predicted molar refractivity (Wildman–Crippen MR) is 84.0 cm³/mol. The maximum atomic E-state index is 5.73. The lowest BCUT2D eigenvalue weighted by atomic mass is 10.2. The van der Waals surface area contributed by atoms with Crippen LogP contribution >= 0.6 is 15.9 Å². The number of aromatic nitrogens is 2. The molecule has 5 heteroatoms. The third kappa shape index (κ3) is 4.20. The molecule has 0 aliphatic heterocycles. The normalized spacial score (nSPS) is 10.3. The van der Waals surface area contributed by atoms with E-state index in [0.29, 0.717) is 6.61 Å². The Labute approximate surface area is 127 Å². The molecule has 0 spiro atoms. The smallest absolute Gasteiger partial charge is 0.144 e. The molecule has 106 valence electrons. The van der Waals surface area contributed by atoms with Crippen LogP contribution < -0.4 is 10.1 Å². The van der Waals surface area contributed by atoms with Crippen molar-refractivity contribution >= 4 is 21.7 Å². The first-order chi connectivity index (χ1) is 9.69. The predicted octanol–water partition coefficient (Wildman–Crippen LogP) is 3.95. The topological polar surface area (TPSA) is 47.0 Å². The zero-order valence-electron chi connectivity index (χ0n) is 11.7. The lowest BCUT2D eigenvalue weighted by Crippen LogP contribution is -2.04. The van der Waals surface area contributed by atoms with Gasteiger partial charge in [-0.1, -0.05) is 13.0 Å². The summed E-state index contributed by atoms with van der Waals surface area (Å²) in [6.07, 6.45) is 4.53. The van der Waals surface area contributed by atoms with Crippen molar-refractivity contribution in [2.45, 2.75) is 26.9 Å². The summed E-state index contributed by atoms with van der Waals surface area (Å²) in [4.78, 5) is 8.63. The molecular formula is C15H18BrN3O. The zero-order valence-corrected chi connectivity index (χ0v) is 13.3. The average Bonchev–Trinajstić information content (AvgIpc) is 2.45. The summed E-state index contributed by atoms with van der Waals surface area (Å²) in [7, 11) is 0. The van der Waals surface area contributed by atoms with Crippen molar-refractivity contribution in [3.63, 3.8) is 0 Å². The molecule has 1 heterocycles. The van der Waals surface area contributed by atoms with Crippen molar-refractivity contribution in [1.29, 1.82) is 0 Å². The number of hydrogen-bond acceptors (Lipinski definition) is 4. The van der Waals surface area contributed by atoms with Crippen molar-refractivity contribution in [2.24, 2.45) is 0 Å². The monoisotopic (exact) mass is 335 g/mol. The molecule has 4 nitrogen and oxygen atoms in total. The Hall–Kier alpha value is -1.62. The first-order valence-corrected chi connectivity index (χ1v) is 7.42. The quantitative estimate of drug-likeness (QED) is 0.868. The third-order valence-corrected chi connectivity index (χ3v) is 3.34. The van der Waals surface area contributed by atoms with Crippen molar-refractivity contribution in [3.05, 3.63) is 46.3 Å². The number of nitrogens with zero attached hydrogens (tertiary/aromatic N) is 2. The Bertz CT molecular complexity index is 558. The maximum absolute atomic E-state index is 5.73. The molecule has 0 aliphatic rings. The van der Waals surface area contributed by atoms with Gasteiger partial charge in [0.25, 0.3) is 0 Å². The highest BCUT2D eigenvalue weighted by Crippen LogP contribution is 2.26. The van der Waals surface area contributed by atoms with Crippen molar-refractivity contribution in [2.75, 3.05) is 11.9 Å². The SMILES string of the molecule is CCCNc1cnc(COc2ccc(C)cc2Br)cn1. The molecule has 1 aromatic heterocycles. The van der Waals surface area contributed by atoms with Crippen LogP contribution in [0.15, 0.2) is 35.1 Å². The molecule has 0 aliphatic carbocycles.